The molecule has 1 saturated heterocycles. The molecule has 0 radical (unpaired) electrons. The van der Waals surface area contributed by atoms with Crippen LogP contribution in [0.25, 0.3) is 0 Å². The molecule has 104 valence electrons. The van der Waals surface area contributed by atoms with E-state index in [1.807, 2.05) is 0 Å². The maximum absolute atomic E-state index is 13.1. The molecule has 0 aromatic heterocycles. The second-order valence-electron chi connectivity index (χ2n) is 4.39. The first kappa shape index (κ1) is 14.4. The molecule has 1 aliphatic rings. The molecular weight excluding hydrogens is 293 g/mol. The number of hydrogen-bond acceptors (Lipinski definition) is 2. The van der Waals surface area contributed by atoms with Gasteiger partial charge in [-0.15, -0.1) is 0 Å². The number of carboxylic acids is 1. The molecule has 7 heteroatoms. The lowest BCUT2D eigenvalue weighted by Gasteiger charge is -2.29. The van der Waals surface area contributed by atoms with Gasteiger partial charge in [-0.3, -0.25) is 4.79 Å². The third-order valence-electron chi connectivity index (χ3n) is 3.06. The summed E-state index contributed by atoms with van der Waals surface area (Å²) in [5.74, 6) is -1.95. The predicted octanol–water partition coefficient (Wildman–Crippen LogP) is 2.30. The number of nitrogens with zero attached hydrogens (tertiary/aromatic N) is 1. The number of aliphatic carboxylic acids is 1. The second-order valence-corrected chi connectivity index (χ2v) is 6.28. The molecule has 1 heterocycles. The first-order valence-corrected chi connectivity index (χ1v) is 7.32. The van der Waals surface area contributed by atoms with Crippen LogP contribution in [0.1, 0.15) is 12.8 Å². The zero-order chi connectivity index (χ0) is 14.0. The average Bonchev–Trinajstić information content (AvgIpc) is 2.41. The normalized spacial score (nSPS) is 22.1. The lowest BCUT2D eigenvalue weighted by atomic mass is 10.0. The Balaban J connectivity index is 2.14. The van der Waals surface area contributed by atoms with Crippen molar-refractivity contribution in [3.05, 3.63) is 29.0 Å². The molecule has 0 bridgehead atoms. The summed E-state index contributed by atoms with van der Waals surface area (Å²) in [6, 6.07) is 3.88. The molecule has 1 N–H and O–H groups in total. The van der Waals surface area contributed by atoms with E-state index >= 15 is 0 Å². The SMILES string of the molecule is O=C(O)C1CCCN(S(=O)c2ccc(F)c(Cl)c2)C1. The Labute approximate surface area is 117 Å². The van der Waals surface area contributed by atoms with E-state index in [1.165, 1.54) is 12.1 Å². The van der Waals surface area contributed by atoms with Gasteiger partial charge in [0.05, 0.1) is 15.8 Å². The quantitative estimate of drug-likeness (QED) is 0.932. The van der Waals surface area contributed by atoms with Gasteiger partial charge >= 0.3 is 5.97 Å². The van der Waals surface area contributed by atoms with Crippen LogP contribution in [-0.4, -0.2) is 32.7 Å². The maximum Gasteiger partial charge on any atom is 0.307 e. The molecule has 1 aliphatic heterocycles. The zero-order valence-corrected chi connectivity index (χ0v) is 11.6. The van der Waals surface area contributed by atoms with E-state index in [0.717, 1.165) is 6.07 Å². The maximum atomic E-state index is 13.1. The molecule has 0 spiro atoms. The molecule has 0 aliphatic carbocycles. The molecule has 1 aromatic carbocycles. The summed E-state index contributed by atoms with van der Waals surface area (Å²) in [6.07, 6.45) is 1.27. The van der Waals surface area contributed by atoms with Crippen molar-refractivity contribution < 1.29 is 18.5 Å². The van der Waals surface area contributed by atoms with Gasteiger partial charge in [-0.05, 0) is 31.0 Å². The Morgan fingerprint density at radius 1 is 1.53 bits per heavy atom. The van der Waals surface area contributed by atoms with E-state index < -0.39 is 28.7 Å². The molecule has 2 rings (SSSR count). The highest BCUT2D eigenvalue weighted by Gasteiger charge is 2.28. The van der Waals surface area contributed by atoms with Crippen molar-refractivity contribution in [2.45, 2.75) is 17.7 Å². The first-order chi connectivity index (χ1) is 8.99. The van der Waals surface area contributed by atoms with Crippen LogP contribution in [0.4, 0.5) is 4.39 Å². The van der Waals surface area contributed by atoms with Crippen LogP contribution >= 0.6 is 11.6 Å². The fourth-order valence-corrected chi connectivity index (χ4v) is 3.59. The molecular formula is C12H13ClFNO3S. The Bertz CT molecular complexity index is 526. The lowest BCUT2D eigenvalue weighted by molar-refractivity contribution is -0.142. The fraction of sp³-hybridized carbons (Fsp3) is 0.417. The van der Waals surface area contributed by atoms with Gasteiger partial charge in [0.25, 0.3) is 0 Å². The van der Waals surface area contributed by atoms with Crippen LogP contribution in [0.5, 0.6) is 0 Å². The van der Waals surface area contributed by atoms with E-state index in [0.29, 0.717) is 24.3 Å². The van der Waals surface area contributed by atoms with Crippen LogP contribution in [0, 0.1) is 11.7 Å². The number of piperidine rings is 1. The molecule has 1 fully saturated rings. The van der Waals surface area contributed by atoms with Gasteiger partial charge < -0.3 is 5.11 Å². The van der Waals surface area contributed by atoms with E-state index in [-0.39, 0.29) is 11.6 Å². The van der Waals surface area contributed by atoms with Crippen molar-refractivity contribution in [1.29, 1.82) is 0 Å². The summed E-state index contributed by atoms with van der Waals surface area (Å²) in [5, 5.41) is 8.91. The van der Waals surface area contributed by atoms with Gasteiger partial charge in [0.2, 0.25) is 0 Å². The first-order valence-electron chi connectivity index (χ1n) is 5.83. The van der Waals surface area contributed by atoms with E-state index in [4.69, 9.17) is 16.7 Å². The Morgan fingerprint density at radius 2 is 2.26 bits per heavy atom. The zero-order valence-electron chi connectivity index (χ0n) is 10.0. The van der Waals surface area contributed by atoms with Crippen molar-refractivity contribution >= 4 is 28.6 Å². The van der Waals surface area contributed by atoms with Gasteiger partial charge in [0.15, 0.2) is 0 Å². The van der Waals surface area contributed by atoms with Crippen molar-refractivity contribution in [3.8, 4) is 0 Å². The van der Waals surface area contributed by atoms with Crippen molar-refractivity contribution in [3.63, 3.8) is 0 Å². The fourth-order valence-electron chi connectivity index (χ4n) is 2.03. The summed E-state index contributed by atoms with van der Waals surface area (Å²) < 4.78 is 26.9. The Hall–Kier alpha value is -0.980. The highest BCUT2D eigenvalue weighted by atomic mass is 35.5. The Kier molecular flexibility index (Phi) is 4.54. The Morgan fingerprint density at radius 3 is 2.89 bits per heavy atom. The molecule has 1 aromatic rings. The number of hydrogen-bond donors (Lipinski definition) is 1. The number of rotatable bonds is 3. The van der Waals surface area contributed by atoms with Gasteiger partial charge in [-0.1, -0.05) is 11.6 Å². The number of carbonyl (C=O) groups is 1. The molecule has 4 nitrogen and oxygen atoms in total. The van der Waals surface area contributed by atoms with E-state index in [1.54, 1.807) is 4.31 Å². The van der Waals surface area contributed by atoms with Gasteiger partial charge in [0, 0.05) is 13.1 Å². The van der Waals surface area contributed by atoms with Crippen LogP contribution in [0.2, 0.25) is 5.02 Å². The molecule has 0 saturated carbocycles. The molecule has 0 amide bonds. The third-order valence-corrected chi connectivity index (χ3v) is 4.81. The second kappa shape index (κ2) is 5.98. The van der Waals surface area contributed by atoms with Crippen molar-refractivity contribution in [2.75, 3.05) is 13.1 Å². The number of benzene rings is 1. The van der Waals surface area contributed by atoms with Crippen LogP contribution in [-0.2, 0) is 15.8 Å². The summed E-state index contributed by atoms with van der Waals surface area (Å²) >= 11 is 5.65. The van der Waals surface area contributed by atoms with Crippen molar-refractivity contribution in [2.24, 2.45) is 5.92 Å². The summed E-state index contributed by atoms with van der Waals surface area (Å²) in [6.45, 7) is 0.794. The monoisotopic (exact) mass is 305 g/mol. The minimum atomic E-state index is -1.51. The van der Waals surface area contributed by atoms with Gasteiger partial charge in [-0.2, -0.15) is 0 Å². The van der Waals surface area contributed by atoms with Crippen molar-refractivity contribution in [1.82, 2.24) is 4.31 Å². The highest BCUT2D eigenvalue weighted by Crippen LogP contribution is 2.24. The lowest BCUT2D eigenvalue weighted by Crippen LogP contribution is -2.39. The summed E-state index contributed by atoms with van der Waals surface area (Å²) in [4.78, 5) is 11.3. The van der Waals surface area contributed by atoms with Crippen LogP contribution in [0.3, 0.4) is 0 Å². The topological polar surface area (TPSA) is 57.6 Å². The molecule has 2 atom stereocenters. The largest absolute Gasteiger partial charge is 0.481 e. The van der Waals surface area contributed by atoms with Gasteiger partial charge in [0.1, 0.15) is 16.8 Å². The summed E-state index contributed by atoms with van der Waals surface area (Å²) in [5.41, 5.74) is 0. The van der Waals surface area contributed by atoms with E-state index in [9.17, 15) is 13.4 Å². The third kappa shape index (κ3) is 3.32. The number of halogens is 2. The van der Waals surface area contributed by atoms with Crippen LogP contribution in [0.15, 0.2) is 23.1 Å². The minimum absolute atomic E-state index is 0.0855. The van der Waals surface area contributed by atoms with Gasteiger partial charge in [-0.25, -0.2) is 12.9 Å². The highest BCUT2D eigenvalue weighted by molar-refractivity contribution is 7.82. The minimum Gasteiger partial charge on any atom is -0.481 e. The average molecular weight is 306 g/mol. The smallest absolute Gasteiger partial charge is 0.307 e. The summed E-state index contributed by atoms with van der Waals surface area (Å²) in [7, 11) is -1.51. The number of carboxylic acid groups (broad SMARTS) is 1. The molecule has 19 heavy (non-hydrogen) atoms. The molecule has 2 unspecified atom stereocenters. The van der Waals surface area contributed by atoms with E-state index in [2.05, 4.69) is 0 Å². The predicted molar refractivity (Wildman–Crippen MR) is 69.8 cm³/mol. The standard InChI is InChI=1S/C12H13ClFNO3S/c13-10-6-9(3-4-11(10)14)19(18)15-5-1-2-8(7-15)12(16)17/h3-4,6,8H,1-2,5,7H2,(H,16,17). The van der Waals surface area contributed by atoms with Crippen LogP contribution < -0.4 is 0 Å².